The van der Waals surface area contributed by atoms with Crippen LogP contribution < -0.4 is 4.90 Å². The molecule has 6 rings (SSSR count). The number of morpholine rings is 1. The zero-order chi connectivity index (χ0) is 22.2. The summed E-state index contributed by atoms with van der Waals surface area (Å²) in [6, 6.07) is 19.9. The highest BCUT2D eigenvalue weighted by Crippen LogP contribution is 2.24. The summed E-state index contributed by atoms with van der Waals surface area (Å²) in [7, 11) is 0. The fourth-order valence-electron chi connectivity index (χ4n) is 4.53. The predicted molar refractivity (Wildman–Crippen MR) is 125 cm³/mol. The topological polar surface area (TPSA) is 76.4 Å². The van der Waals surface area contributed by atoms with Gasteiger partial charge in [0.2, 0.25) is 0 Å². The second-order valence-electron chi connectivity index (χ2n) is 8.35. The minimum Gasteiger partial charge on any atom is -0.378 e. The van der Waals surface area contributed by atoms with Gasteiger partial charge in [-0.2, -0.15) is 0 Å². The van der Waals surface area contributed by atoms with Crippen LogP contribution in [-0.2, 0) is 17.8 Å². The lowest BCUT2D eigenvalue weighted by Gasteiger charge is -2.30. The van der Waals surface area contributed by atoms with E-state index in [0.29, 0.717) is 25.2 Å². The van der Waals surface area contributed by atoms with Gasteiger partial charge < -0.3 is 19.1 Å². The van der Waals surface area contributed by atoms with Crippen LogP contribution in [0.2, 0.25) is 0 Å². The molecule has 4 aromatic rings. The average Bonchev–Trinajstić information content (AvgIpc) is 3.32. The molecule has 0 aliphatic carbocycles. The molecule has 8 heteroatoms. The van der Waals surface area contributed by atoms with E-state index in [1.807, 2.05) is 59.5 Å². The van der Waals surface area contributed by atoms with Crippen LogP contribution >= 0.6 is 0 Å². The average molecular weight is 441 g/mol. The van der Waals surface area contributed by atoms with Crippen LogP contribution in [-0.4, -0.2) is 63.4 Å². The van der Waals surface area contributed by atoms with Gasteiger partial charge in [-0.3, -0.25) is 4.79 Å². The standard InChI is InChI=1S/C25H24N6O2/c32-25(19-5-8-20(9-6-19)29-13-15-33-16-14-29)30-11-12-31-23(17-30)27-28-24(31)22-10-7-18-3-1-2-4-21(18)26-22/h1-10H,11-17H2. The van der Waals surface area contributed by atoms with Gasteiger partial charge in [0.05, 0.1) is 25.3 Å². The Morgan fingerprint density at radius 1 is 0.848 bits per heavy atom. The number of fused-ring (bicyclic) bond motifs is 2. The third-order valence-corrected chi connectivity index (χ3v) is 6.36. The minimum absolute atomic E-state index is 0.0168. The number of para-hydroxylation sites is 1. The van der Waals surface area contributed by atoms with Gasteiger partial charge in [-0.1, -0.05) is 24.3 Å². The lowest BCUT2D eigenvalue weighted by Crippen LogP contribution is -2.38. The highest BCUT2D eigenvalue weighted by molar-refractivity contribution is 5.94. The zero-order valence-electron chi connectivity index (χ0n) is 18.2. The maximum Gasteiger partial charge on any atom is 0.254 e. The first-order chi connectivity index (χ1) is 16.3. The van der Waals surface area contributed by atoms with Crippen LogP contribution in [0.1, 0.15) is 16.2 Å². The molecule has 2 aliphatic rings. The fourth-order valence-corrected chi connectivity index (χ4v) is 4.53. The van der Waals surface area contributed by atoms with Crippen molar-refractivity contribution in [1.82, 2.24) is 24.6 Å². The number of aromatic nitrogens is 4. The summed E-state index contributed by atoms with van der Waals surface area (Å²) in [6.07, 6.45) is 0. The van der Waals surface area contributed by atoms with Crippen LogP contribution in [0, 0.1) is 0 Å². The van der Waals surface area contributed by atoms with Crippen molar-refractivity contribution >= 4 is 22.5 Å². The number of amides is 1. The van der Waals surface area contributed by atoms with Gasteiger partial charge in [0, 0.05) is 42.8 Å². The van der Waals surface area contributed by atoms with Gasteiger partial charge in [-0.25, -0.2) is 4.98 Å². The number of hydrogen-bond donors (Lipinski definition) is 0. The molecule has 0 N–H and O–H groups in total. The molecule has 2 aromatic heterocycles. The molecule has 0 bridgehead atoms. The Balaban J connectivity index is 1.19. The molecule has 0 unspecified atom stereocenters. The third-order valence-electron chi connectivity index (χ3n) is 6.36. The summed E-state index contributed by atoms with van der Waals surface area (Å²) in [5.74, 6) is 1.55. The Kier molecular flexibility index (Phi) is 4.99. The van der Waals surface area contributed by atoms with Crippen molar-refractivity contribution in [2.45, 2.75) is 13.1 Å². The third kappa shape index (κ3) is 3.72. The smallest absolute Gasteiger partial charge is 0.254 e. The highest BCUT2D eigenvalue weighted by atomic mass is 16.5. The van der Waals surface area contributed by atoms with Gasteiger partial charge in [0.1, 0.15) is 5.69 Å². The van der Waals surface area contributed by atoms with Crippen LogP contribution in [0.4, 0.5) is 5.69 Å². The maximum absolute atomic E-state index is 13.1. The Labute approximate surface area is 191 Å². The lowest BCUT2D eigenvalue weighted by molar-refractivity contribution is 0.0708. The number of pyridine rings is 1. The second-order valence-corrected chi connectivity index (χ2v) is 8.35. The van der Waals surface area contributed by atoms with Crippen molar-refractivity contribution < 1.29 is 9.53 Å². The second kappa shape index (κ2) is 8.29. The number of anilines is 1. The van der Waals surface area contributed by atoms with E-state index in [1.165, 1.54) is 0 Å². The summed E-state index contributed by atoms with van der Waals surface area (Å²) in [4.78, 5) is 22.0. The molecule has 33 heavy (non-hydrogen) atoms. The predicted octanol–water partition coefficient (Wildman–Crippen LogP) is 2.99. The van der Waals surface area contributed by atoms with Gasteiger partial charge in [-0.05, 0) is 36.4 Å². The van der Waals surface area contributed by atoms with Crippen LogP contribution in [0.5, 0.6) is 0 Å². The van der Waals surface area contributed by atoms with E-state index in [4.69, 9.17) is 9.72 Å². The molecular weight excluding hydrogens is 416 g/mol. The highest BCUT2D eigenvalue weighted by Gasteiger charge is 2.26. The van der Waals surface area contributed by atoms with Crippen molar-refractivity contribution in [3.05, 3.63) is 72.1 Å². The summed E-state index contributed by atoms with van der Waals surface area (Å²) in [6.45, 7) is 4.93. The molecule has 4 heterocycles. The summed E-state index contributed by atoms with van der Waals surface area (Å²) < 4.78 is 7.49. The molecule has 2 aliphatic heterocycles. The first-order valence-corrected chi connectivity index (χ1v) is 11.3. The molecule has 8 nitrogen and oxygen atoms in total. The molecule has 0 saturated carbocycles. The van der Waals surface area contributed by atoms with E-state index in [2.05, 4.69) is 25.7 Å². The maximum atomic E-state index is 13.1. The van der Waals surface area contributed by atoms with Crippen molar-refractivity contribution in [1.29, 1.82) is 0 Å². The number of hydrogen-bond acceptors (Lipinski definition) is 6. The minimum atomic E-state index is 0.0168. The van der Waals surface area contributed by atoms with Crippen molar-refractivity contribution in [2.75, 3.05) is 37.7 Å². The van der Waals surface area contributed by atoms with Gasteiger partial charge in [0.25, 0.3) is 5.91 Å². The largest absolute Gasteiger partial charge is 0.378 e. The van der Waals surface area contributed by atoms with Gasteiger partial charge in [0.15, 0.2) is 11.6 Å². The normalized spacial score (nSPS) is 16.1. The molecule has 0 spiro atoms. The van der Waals surface area contributed by atoms with Crippen molar-refractivity contribution in [3.8, 4) is 11.5 Å². The Bertz CT molecular complexity index is 1310. The number of nitrogens with zero attached hydrogens (tertiary/aromatic N) is 6. The number of ether oxygens (including phenoxy) is 1. The zero-order valence-corrected chi connectivity index (χ0v) is 18.2. The van der Waals surface area contributed by atoms with Gasteiger partial charge >= 0.3 is 0 Å². The quantitative estimate of drug-likeness (QED) is 0.488. The first kappa shape index (κ1) is 19.9. The summed E-state index contributed by atoms with van der Waals surface area (Å²) in [5.41, 5.74) is 3.54. The van der Waals surface area contributed by atoms with E-state index < -0.39 is 0 Å². The number of benzene rings is 2. The Hall–Kier alpha value is -3.78. The first-order valence-electron chi connectivity index (χ1n) is 11.3. The van der Waals surface area contributed by atoms with E-state index in [9.17, 15) is 4.79 Å². The fraction of sp³-hybridized carbons (Fsp3) is 0.280. The number of carbonyl (C=O) groups is 1. The van der Waals surface area contributed by atoms with E-state index in [-0.39, 0.29) is 5.91 Å². The van der Waals surface area contributed by atoms with Crippen LogP contribution in [0.3, 0.4) is 0 Å². The molecular formula is C25H24N6O2. The van der Waals surface area contributed by atoms with Crippen molar-refractivity contribution in [2.24, 2.45) is 0 Å². The molecule has 2 aromatic carbocycles. The number of rotatable bonds is 3. The molecule has 1 saturated heterocycles. The Morgan fingerprint density at radius 3 is 2.52 bits per heavy atom. The van der Waals surface area contributed by atoms with E-state index in [0.717, 1.165) is 60.2 Å². The SMILES string of the molecule is O=C(c1ccc(N2CCOCC2)cc1)N1CCn2c(nnc2-c2ccc3ccccc3n2)C1. The lowest BCUT2D eigenvalue weighted by atomic mass is 10.1. The monoisotopic (exact) mass is 440 g/mol. The van der Waals surface area contributed by atoms with Crippen LogP contribution in [0.15, 0.2) is 60.7 Å². The number of carbonyl (C=O) groups excluding carboxylic acids is 1. The van der Waals surface area contributed by atoms with Crippen LogP contribution in [0.25, 0.3) is 22.4 Å². The Morgan fingerprint density at radius 2 is 1.67 bits per heavy atom. The molecule has 166 valence electrons. The van der Waals surface area contributed by atoms with Gasteiger partial charge in [-0.15, -0.1) is 10.2 Å². The molecule has 1 fully saturated rings. The summed E-state index contributed by atoms with van der Waals surface area (Å²) in [5, 5.41) is 9.87. The van der Waals surface area contributed by atoms with E-state index in [1.54, 1.807) is 0 Å². The van der Waals surface area contributed by atoms with Crippen molar-refractivity contribution in [3.63, 3.8) is 0 Å². The molecule has 0 radical (unpaired) electrons. The molecule has 1 amide bonds. The molecule has 0 atom stereocenters. The van der Waals surface area contributed by atoms with E-state index >= 15 is 0 Å². The summed E-state index contributed by atoms with van der Waals surface area (Å²) >= 11 is 0.